The van der Waals surface area contributed by atoms with Crippen LogP contribution in [-0.4, -0.2) is 53.1 Å². The maximum Gasteiger partial charge on any atom is 0.411 e. The number of nitrogens with zero attached hydrogens (tertiary/aromatic N) is 2. The van der Waals surface area contributed by atoms with E-state index in [1.165, 1.54) is 29.4 Å². The number of carbonyl (C=O) groups is 3. The van der Waals surface area contributed by atoms with Gasteiger partial charge in [-0.3, -0.25) is 14.5 Å². The predicted octanol–water partition coefficient (Wildman–Crippen LogP) is 4.17. The smallest absolute Gasteiger partial charge is 0.411 e. The molecule has 0 spiro atoms. The summed E-state index contributed by atoms with van der Waals surface area (Å²) in [6, 6.07) is 6.23. The SMILES string of the molecule is CCNC(=O)c1coc(-c2ccc(C[C@@H](C#N)NC(=O)[C@@H]3[C@H]4CC[C@H](C4)N3C(=O)OC(C)(C)C)c(F)c2)c1. The van der Waals surface area contributed by atoms with E-state index in [1.807, 2.05) is 6.07 Å². The number of fused-ring (bicyclic) bond motifs is 2. The first-order valence-electron chi connectivity index (χ1n) is 12.9. The molecule has 0 unspecified atom stereocenters. The van der Waals surface area contributed by atoms with Gasteiger partial charge in [0.15, 0.2) is 0 Å². The minimum Gasteiger partial charge on any atom is -0.464 e. The van der Waals surface area contributed by atoms with Crippen molar-refractivity contribution >= 4 is 17.9 Å². The Morgan fingerprint density at radius 3 is 2.68 bits per heavy atom. The number of rotatable bonds is 7. The molecule has 202 valence electrons. The Balaban J connectivity index is 1.44. The van der Waals surface area contributed by atoms with E-state index in [0.29, 0.717) is 23.4 Å². The first-order valence-corrected chi connectivity index (χ1v) is 12.9. The second-order valence-electron chi connectivity index (χ2n) is 10.8. The number of nitriles is 1. The van der Waals surface area contributed by atoms with Gasteiger partial charge in [0.1, 0.15) is 35.5 Å². The molecular weight excluding hydrogens is 491 g/mol. The fraction of sp³-hybridized carbons (Fsp3) is 0.500. The standard InChI is InChI=1S/C28H33FN4O5/c1-5-31-25(34)19-13-23(37-15-19)17-7-6-16(22(29)12-17)10-20(14-30)32-26(35)24-18-8-9-21(11-18)33(24)27(36)38-28(2,3)4/h6-7,12-13,15,18,20-21,24H,5,8-11H2,1-4H3,(H,31,34)(H,32,35)/t18-,20-,21+,24-/m0/s1. The van der Waals surface area contributed by atoms with E-state index in [4.69, 9.17) is 9.15 Å². The molecule has 9 nitrogen and oxygen atoms in total. The summed E-state index contributed by atoms with van der Waals surface area (Å²) < 4.78 is 26.0. The van der Waals surface area contributed by atoms with E-state index >= 15 is 0 Å². The van der Waals surface area contributed by atoms with Crippen molar-refractivity contribution in [2.75, 3.05) is 6.54 Å². The minimum absolute atomic E-state index is 0.000440. The Bertz CT molecular complexity index is 1260. The maximum atomic E-state index is 15.0. The summed E-state index contributed by atoms with van der Waals surface area (Å²) >= 11 is 0. The first kappa shape index (κ1) is 27.2. The van der Waals surface area contributed by atoms with Crippen molar-refractivity contribution in [1.29, 1.82) is 5.26 Å². The van der Waals surface area contributed by atoms with Gasteiger partial charge in [-0.05, 0) is 70.6 Å². The molecule has 3 amide bonds. The van der Waals surface area contributed by atoms with Crippen molar-refractivity contribution in [3.05, 3.63) is 47.5 Å². The van der Waals surface area contributed by atoms with Gasteiger partial charge in [0, 0.05) is 24.6 Å². The molecule has 1 aromatic carbocycles. The molecule has 1 saturated heterocycles. The highest BCUT2D eigenvalue weighted by molar-refractivity contribution is 5.94. The number of carbonyl (C=O) groups excluding carboxylic acids is 3. The Kier molecular flexibility index (Phi) is 7.76. The van der Waals surface area contributed by atoms with Crippen molar-refractivity contribution in [2.45, 2.75) is 77.1 Å². The maximum absolute atomic E-state index is 15.0. The number of halogens is 1. The van der Waals surface area contributed by atoms with Gasteiger partial charge in [-0.15, -0.1) is 0 Å². The third kappa shape index (κ3) is 5.82. The summed E-state index contributed by atoms with van der Waals surface area (Å²) in [6.45, 7) is 7.59. The molecule has 1 saturated carbocycles. The normalized spacial score (nSPS) is 21.1. The molecule has 2 aromatic rings. The van der Waals surface area contributed by atoms with Gasteiger partial charge in [-0.25, -0.2) is 9.18 Å². The van der Waals surface area contributed by atoms with Crippen molar-refractivity contribution in [3.8, 4) is 17.4 Å². The minimum atomic E-state index is -0.990. The van der Waals surface area contributed by atoms with Gasteiger partial charge in [-0.2, -0.15) is 5.26 Å². The van der Waals surface area contributed by atoms with E-state index in [1.54, 1.807) is 33.8 Å². The quantitative estimate of drug-likeness (QED) is 0.560. The van der Waals surface area contributed by atoms with Crippen LogP contribution in [0.5, 0.6) is 0 Å². The number of likely N-dealkylation sites (tertiary alicyclic amines) is 1. The number of piperidine rings is 1. The Morgan fingerprint density at radius 2 is 2.03 bits per heavy atom. The highest BCUT2D eigenvalue weighted by Gasteiger charge is 2.52. The van der Waals surface area contributed by atoms with Gasteiger partial charge in [0.2, 0.25) is 5.91 Å². The summed E-state index contributed by atoms with van der Waals surface area (Å²) in [5, 5.41) is 15.1. The second kappa shape index (κ2) is 10.9. The van der Waals surface area contributed by atoms with Gasteiger partial charge in [-0.1, -0.05) is 12.1 Å². The van der Waals surface area contributed by atoms with Crippen molar-refractivity contribution < 1.29 is 27.9 Å². The molecule has 4 rings (SSSR count). The largest absolute Gasteiger partial charge is 0.464 e. The highest BCUT2D eigenvalue weighted by Crippen LogP contribution is 2.43. The van der Waals surface area contributed by atoms with Crippen LogP contribution >= 0.6 is 0 Å². The third-order valence-corrected chi connectivity index (χ3v) is 6.89. The Labute approximate surface area is 221 Å². The number of nitrogens with one attached hydrogen (secondary N) is 2. The van der Waals surface area contributed by atoms with E-state index in [9.17, 15) is 24.0 Å². The molecule has 2 bridgehead atoms. The van der Waals surface area contributed by atoms with Gasteiger partial charge >= 0.3 is 6.09 Å². The van der Waals surface area contributed by atoms with Crippen LogP contribution in [0, 0.1) is 23.1 Å². The lowest BCUT2D eigenvalue weighted by Crippen LogP contribution is -2.55. The predicted molar refractivity (Wildman–Crippen MR) is 136 cm³/mol. The van der Waals surface area contributed by atoms with Crippen LogP contribution in [0.25, 0.3) is 11.3 Å². The van der Waals surface area contributed by atoms with Crippen LogP contribution < -0.4 is 10.6 Å². The average Bonchev–Trinajstić information content (AvgIpc) is 3.60. The summed E-state index contributed by atoms with van der Waals surface area (Å²) in [6.07, 6.45) is 3.08. The summed E-state index contributed by atoms with van der Waals surface area (Å²) in [7, 11) is 0. The summed E-state index contributed by atoms with van der Waals surface area (Å²) in [5.41, 5.74) is 0.319. The van der Waals surface area contributed by atoms with Crippen LogP contribution in [0.2, 0.25) is 0 Å². The van der Waals surface area contributed by atoms with E-state index < -0.39 is 35.5 Å². The molecular formula is C28H33FN4O5. The number of ether oxygens (including phenoxy) is 1. The van der Waals surface area contributed by atoms with Crippen molar-refractivity contribution in [1.82, 2.24) is 15.5 Å². The fourth-order valence-corrected chi connectivity index (χ4v) is 5.24. The topological polar surface area (TPSA) is 125 Å². The van der Waals surface area contributed by atoms with E-state index in [2.05, 4.69) is 10.6 Å². The van der Waals surface area contributed by atoms with Crippen molar-refractivity contribution in [3.63, 3.8) is 0 Å². The van der Waals surface area contributed by atoms with E-state index in [-0.39, 0.29) is 29.9 Å². The second-order valence-corrected chi connectivity index (χ2v) is 10.8. The number of amides is 3. The average molecular weight is 525 g/mol. The lowest BCUT2D eigenvalue weighted by Gasteiger charge is -2.35. The molecule has 2 aliphatic rings. The fourth-order valence-electron chi connectivity index (χ4n) is 5.24. The molecule has 2 N–H and O–H groups in total. The van der Waals surface area contributed by atoms with Crippen LogP contribution in [-0.2, 0) is 16.0 Å². The zero-order valence-electron chi connectivity index (χ0n) is 22.0. The molecule has 1 aliphatic heterocycles. The zero-order valence-corrected chi connectivity index (χ0v) is 22.0. The van der Waals surface area contributed by atoms with Crippen LogP contribution in [0.1, 0.15) is 62.9 Å². The van der Waals surface area contributed by atoms with Crippen LogP contribution in [0.3, 0.4) is 0 Å². The number of benzene rings is 1. The molecule has 4 atom stereocenters. The van der Waals surface area contributed by atoms with Gasteiger partial charge < -0.3 is 19.8 Å². The zero-order chi connectivity index (χ0) is 27.6. The lowest BCUT2D eigenvalue weighted by atomic mass is 9.97. The van der Waals surface area contributed by atoms with Crippen molar-refractivity contribution in [2.24, 2.45) is 5.92 Å². The monoisotopic (exact) mass is 524 g/mol. The third-order valence-electron chi connectivity index (χ3n) is 6.89. The molecule has 10 heteroatoms. The molecule has 1 aromatic heterocycles. The molecule has 2 fully saturated rings. The summed E-state index contributed by atoms with van der Waals surface area (Å²) in [4.78, 5) is 39.6. The molecule has 38 heavy (non-hydrogen) atoms. The number of hydrogen-bond acceptors (Lipinski definition) is 6. The summed E-state index contributed by atoms with van der Waals surface area (Å²) in [5.74, 6) is -0.947. The Morgan fingerprint density at radius 1 is 1.26 bits per heavy atom. The molecule has 0 radical (unpaired) electrons. The first-order chi connectivity index (χ1) is 18.0. The number of furan rings is 1. The van der Waals surface area contributed by atoms with Crippen LogP contribution in [0.15, 0.2) is 34.9 Å². The lowest BCUT2D eigenvalue weighted by molar-refractivity contribution is -0.128. The molecule has 2 heterocycles. The Hall–Kier alpha value is -3.87. The highest BCUT2D eigenvalue weighted by atomic mass is 19.1. The number of hydrogen-bond donors (Lipinski definition) is 2. The molecule has 1 aliphatic carbocycles. The van der Waals surface area contributed by atoms with Gasteiger partial charge in [0.25, 0.3) is 5.91 Å². The van der Waals surface area contributed by atoms with Crippen LogP contribution in [0.4, 0.5) is 9.18 Å². The van der Waals surface area contributed by atoms with E-state index in [0.717, 1.165) is 19.3 Å². The van der Waals surface area contributed by atoms with Gasteiger partial charge in [0.05, 0.1) is 11.6 Å².